The molecule has 0 radical (unpaired) electrons. The van der Waals surface area contributed by atoms with Gasteiger partial charge in [0.25, 0.3) is 15.9 Å². The number of aryl methyl sites for hydroxylation is 1. The zero-order chi connectivity index (χ0) is 22.7. The molecule has 0 bridgehead atoms. The summed E-state index contributed by atoms with van der Waals surface area (Å²) >= 11 is 0. The zero-order valence-electron chi connectivity index (χ0n) is 18.2. The fourth-order valence-electron chi connectivity index (χ4n) is 2.44. The molecule has 1 amide bonds. The number of hydrogen-bond acceptors (Lipinski definition) is 3. The highest BCUT2D eigenvalue weighted by Gasteiger charge is 2.16. The molecule has 2 rings (SSSR count). The molecule has 0 aliphatic heterocycles. The van der Waals surface area contributed by atoms with Crippen LogP contribution in [-0.2, 0) is 14.8 Å². The number of anilines is 2. The van der Waals surface area contributed by atoms with Crippen LogP contribution in [-0.4, -0.2) is 21.4 Å². The monoisotopic (exact) mass is 426 g/mol. The van der Waals surface area contributed by atoms with E-state index in [1.54, 1.807) is 86.8 Å². The molecule has 0 saturated heterocycles. The molecule has 0 atom stereocenters. The normalized spacial score (nSPS) is 11.4. The van der Waals surface area contributed by atoms with E-state index < -0.39 is 10.0 Å². The van der Waals surface area contributed by atoms with Gasteiger partial charge >= 0.3 is 0 Å². The standard InChI is InChI=1S/C22H24N2O3S.C2H6/c1-5-6-7-9-18(3)22(25)24(4)20-11-8-10-19(16-20)23-28(26,27)21-14-12-17(2)13-15-21;1-2/h5-16,23H,1H2,2-4H3;1-2H3/b7-6-,18-9+;. The second-order valence-electron chi connectivity index (χ2n) is 6.30. The first-order chi connectivity index (χ1) is 14.2. The smallest absolute Gasteiger partial charge is 0.261 e. The Bertz CT molecular complexity index is 1020. The van der Waals surface area contributed by atoms with Gasteiger partial charge in [-0.25, -0.2) is 8.42 Å². The van der Waals surface area contributed by atoms with Gasteiger partial charge in [0.15, 0.2) is 0 Å². The Morgan fingerprint density at radius 3 is 2.30 bits per heavy atom. The van der Waals surface area contributed by atoms with Crippen molar-refractivity contribution in [2.45, 2.75) is 32.6 Å². The van der Waals surface area contributed by atoms with Gasteiger partial charge in [0.1, 0.15) is 0 Å². The van der Waals surface area contributed by atoms with E-state index in [0.717, 1.165) is 5.56 Å². The van der Waals surface area contributed by atoms with Gasteiger partial charge in [0.2, 0.25) is 0 Å². The summed E-state index contributed by atoms with van der Waals surface area (Å²) in [6.07, 6.45) is 6.80. The summed E-state index contributed by atoms with van der Waals surface area (Å²) < 4.78 is 27.7. The Kier molecular flexibility index (Phi) is 9.78. The minimum atomic E-state index is -3.71. The molecule has 5 nitrogen and oxygen atoms in total. The van der Waals surface area contributed by atoms with Crippen LogP contribution in [0.1, 0.15) is 26.3 Å². The van der Waals surface area contributed by atoms with Crippen molar-refractivity contribution in [3.05, 3.63) is 90.6 Å². The molecule has 0 unspecified atom stereocenters. The third-order valence-electron chi connectivity index (χ3n) is 4.05. The van der Waals surface area contributed by atoms with E-state index in [9.17, 15) is 13.2 Å². The number of nitrogens with zero attached hydrogens (tertiary/aromatic N) is 1. The van der Waals surface area contributed by atoms with Crippen molar-refractivity contribution >= 4 is 27.3 Å². The summed E-state index contributed by atoms with van der Waals surface area (Å²) in [6, 6.07) is 13.3. The number of hydrogen-bond donors (Lipinski definition) is 1. The number of sulfonamides is 1. The van der Waals surface area contributed by atoms with Crippen LogP contribution in [0.3, 0.4) is 0 Å². The minimum absolute atomic E-state index is 0.181. The first-order valence-electron chi connectivity index (χ1n) is 9.68. The van der Waals surface area contributed by atoms with Gasteiger partial charge in [0.05, 0.1) is 10.6 Å². The predicted octanol–water partition coefficient (Wildman–Crippen LogP) is 5.47. The molecular formula is C24H30N2O3S. The molecule has 6 heteroatoms. The summed E-state index contributed by atoms with van der Waals surface area (Å²) in [5.74, 6) is -0.188. The topological polar surface area (TPSA) is 66.5 Å². The highest BCUT2D eigenvalue weighted by atomic mass is 32.2. The lowest BCUT2D eigenvalue weighted by atomic mass is 10.2. The second-order valence-corrected chi connectivity index (χ2v) is 7.99. The SMILES string of the molecule is C=C/C=C\C=C(/C)C(=O)N(C)c1cccc(NS(=O)(=O)c2ccc(C)cc2)c1.CC. The van der Waals surface area contributed by atoms with Gasteiger partial charge in [-0.2, -0.15) is 0 Å². The Morgan fingerprint density at radius 1 is 1.07 bits per heavy atom. The lowest BCUT2D eigenvalue weighted by Crippen LogP contribution is -2.27. The number of allylic oxidation sites excluding steroid dienone is 4. The first kappa shape index (κ1) is 24.9. The van der Waals surface area contributed by atoms with Crippen LogP contribution in [0.5, 0.6) is 0 Å². The van der Waals surface area contributed by atoms with Crippen LogP contribution in [0.4, 0.5) is 11.4 Å². The van der Waals surface area contributed by atoms with Crippen molar-refractivity contribution in [1.29, 1.82) is 0 Å². The first-order valence-corrected chi connectivity index (χ1v) is 11.2. The van der Waals surface area contributed by atoms with E-state index in [1.807, 2.05) is 20.8 Å². The maximum absolute atomic E-state index is 12.6. The Morgan fingerprint density at radius 2 is 1.70 bits per heavy atom. The average Bonchev–Trinajstić information content (AvgIpc) is 2.74. The number of rotatable bonds is 7. The number of carbonyl (C=O) groups excluding carboxylic acids is 1. The second kappa shape index (κ2) is 11.8. The lowest BCUT2D eigenvalue weighted by molar-refractivity contribution is -0.114. The van der Waals surface area contributed by atoms with E-state index in [-0.39, 0.29) is 10.8 Å². The van der Waals surface area contributed by atoms with Crippen LogP contribution >= 0.6 is 0 Å². The molecule has 160 valence electrons. The molecule has 0 saturated carbocycles. The molecule has 0 spiro atoms. The lowest BCUT2D eigenvalue weighted by Gasteiger charge is -2.19. The molecular weight excluding hydrogens is 396 g/mol. The summed E-state index contributed by atoms with van der Waals surface area (Å²) in [5, 5.41) is 0. The highest BCUT2D eigenvalue weighted by molar-refractivity contribution is 7.92. The van der Waals surface area contributed by atoms with E-state index in [1.165, 1.54) is 4.90 Å². The Balaban J connectivity index is 0.00000218. The largest absolute Gasteiger partial charge is 0.312 e. The van der Waals surface area contributed by atoms with E-state index in [0.29, 0.717) is 16.9 Å². The quantitative estimate of drug-likeness (QED) is 0.471. The summed E-state index contributed by atoms with van der Waals surface area (Å²) in [5.41, 5.74) is 2.49. The molecule has 1 N–H and O–H groups in total. The molecule has 30 heavy (non-hydrogen) atoms. The third-order valence-corrected chi connectivity index (χ3v) is 5.45. The molecule has 0 heterocycles. The fraction of sp³-hybridized carbons (Fsp3) is 0.208. The molecule has 0 fully saturated rings. The van der Waals surface area contributed by atoms with Crippen LogP contribution in [0.25, 0.3) is 0 Å². The third kappa shape index (κ3) is 7.04. The van der Waals surface area contributed by atoms with Gasteiger partial charge in [0, 0.05) is 18.3 Å². The number of nitrogens with one attached hydrogen (secondary N) is 1. The van der Waals surface area contributed by atoms with Crippen LogP contribution in [0, 0.1) is 6.92 Å². The Labute approximate surface area is 180 Å². The van der Waals surface area contributed by atoms with Gasteiger partial charge < -0.3 is 4.90 Å². The van der Waals surface area contributed by atoms with Crippen molar-refractivity contribution in [3.8, 4) is 0 Å². The van der Waals surface area contributed by atoms with E-state index in [2.05, 4.69) is 11.3 Å². The summed E-state index contributed by atoms with van der Waals surface area (Å²) in [4.78, 5) is 14.2. The van der Waals surface area contributed by atoms with E-state index in [4.69, 9.17) is 0 Å². The molecule has 2 aromatic rings. The average molecular weight is 427 g/mol. The number of likely N-dealkylation sites (N-methyl/N-ethyl adjacent to an activating group) is 1. The zero-order valence-corrected chi connectivity index (χ0v) is 19.0. The molecule has 0 aliphatic carbocycles. The Hall–Kier alpha value is -3.12. The van der Waals surface area contributed by atoms with Gasteiger partial charge in [-0.15, -0.1) is 0 Å². The molecule has 0 aromatic heterocycles. The minimum Gasteiger partial charge on any atom is -0.312 e. The molecule has 0 aliphatic rings. The van der Waals surface area contributed by atoms with Crippen molar-refractivity contribution < 1.29 is 13.2 Å². The van der Waals surface area contributed by atoms with E-state index >= 15 is 0 Å². The molecule has 2 aromatic carbocycles. The van der Waals surface area contributed by atoms with Crippen LogP contribution in [0.15, 0.2) is 89.9 Å². The van der Waals surface area contributed by atoms with Gasteiger partial charge in [-0.3, -0.25) is 9.52 Å². The summed E-state index contributed by atoms with van der Waals surface area (Å²) in [6.45, 7) is 11.2. The highest BCUT2D eigenvalue weighted by Crippen LogP contribution is 2.22. The maximum Gasteiger partial charge on any atom is 0.261 e. The van der Waals surface area contributed by atoms with Crippen LogP contribution < -0.4 is 9.62 Å². The number of carbonyl (C=O) groups is 1. The van der Waals surface area contributed by atoms with Crippen molar-refractivity contribution in [2.24, 2.45) is 0 Å². The summed E-state index contributed by atoms with van der Waals surface area (Å²) in [7, 11) is -2.06. The fourth-order valence-corrected chi connectivity index (χ4v) is 3.49. The van der Waals surface area contributed by atoms with Crippen molar-refractivity contribution in [3.63, 3.8) is 0 Å². The van der Waals surface area contributed by atoms with Gasteiger partial charge in [-0.05, 0) is 44.2 Å². The van der Waals surface area contributed by atoms with Gasteiger partial charge in [-0.1, -0.05) is 68.5 Å². The van der Waals surface area contributed by atoms with Crippen LogP contribution in [0.2, 0.25) is 0 Å². The van der Waals surface area contributed by atoms with Crippen molar-refractivity contribution in [2.75, 3.05) is 16.7 Å². The number of amides is 1. The van der Waals surface area contributed by atoms with Crippen molar-refractivity contribution in [1.82, 2.24) is 0 Å². The predicted molar refractivity (Wildman–Crippen MR) is 126 cm³/mol. The maximum atomic E-state index is 12.6. The number of benzene rings is 2.